The van der Waals surface area contributed by atoms with Gasteiger partial charge < -0.3 is 0 Å². The molecule has 0 aromatic heterocycles. The van der Waals surface area contributed by atoms with Gasteiger partial charge in [0.25, 0.3) is 0 Å². The van der Waals surface area contributed by atoms with Crippen molar-refractivity contribution in [3.63, 3.8) is 0 Å². The van der Waals surface area contributed by atoms with Crippen molar-refractivity contribution in [1.29, 1.82) is 0 Å². The molecule has 1 saturated heterocycles. The van der Waals surface area contributed by atoms with E-state index in [0.717, 1.165) is 13.3 Å². The van der Waals surface area contributed by atoms with Crippen LogP contribution in [0.2, 0.25) is 0 Å². The maximum Gasteiger partial charge on any atom is 0.0659 e. The third-order valence-corrected chi connectivity index (χ3v) is 2.54. The van der Waals surface area contributed by atoms with Crippen LogP contribution in [0.5, 0.6) is 0 Å². The summed E-state index contributed by atoms with van der Waals surface area (Å²) in [6, 6.07) is 0. The maximum absolute atomic E-state index is 2.48. The number of nitrogens with zero attached hydrogens (tertiary/aromatic N) is 3. The molecule has 78 valence electrons. The molecule has 0 spiro atoms. The van der Waals surface area contributed by atoms with Crippen molar-refractivity contribution in [2.75, 3.05) is 33.0 Å². The third-order valence-electron chi connectivity index (χ3n) is 2.54. The molecule has 0 atom stereocenters. The maximum atomic E-state index is 2.48. The monoisotopic (exact) mass is 185 g/mol. The van der Waals surface area contributed by atoms with Gasteiger partial charge in [0, 0.05) is 13.1 Å². The summed E-state index contributed by atoms with van der Waals surface area (Å²) < 4.78 is 0. The highest BCUT2D eigenvalue weighted by molar-refractivity contribution is 4.66. The predicted molar refractivity (Wildman–Crippen MR) is 56.1 cm³/mol. The van der Waals surface area contributed by atoms with Gasteiger partial charge in [-0.1, -0.05) is 20.8 Å². The lowest BCUT2D eigenvalue weighted by atomic mass is 10.4. The highest BCUT2D eigenvalue weighted by Gasteiger charge is 2.24. The van der Waals surface area contributed by atoms with Crippen LogP contribution in [0.15, 0.2) is 0 Å². The topological polar surface area (TPSA) is 9.72 Å². The van der Waals surface area contributed by atoms with Crippen molar-refractivity contribution in [3.8, 4) is 0 Å². The second-order valence-corrected chi connectivity index (χ2v) is 3.73. The normalized spacial score (nSPS) is 21.5. The Morgan fingerprint density at radius 2 is 1.31 bits per heavy atom. The minimum Gasteiger partial charge on any atom is -0.275 e. The summed E-state index contributed by atoms with van der Waals surface area (Å²) in [6.07, 6.45) is 2.50. The molecule has 0 aliphatic carbocycles. The van der Waals surface area contributed by atoms with Crippen LogP contribution < -0.4 is 0 Å². The van der Waals surface area contributed by atoms with Gasteiger partial charge in [-0.3, -0.25) is 4.90 Å². The van der Waals surface area contributed by atoms with Crippen LogP contribution in [0.25, 0.3) is 0 Å². The molecule has 3 nitrogen and oxygen atoms in total. The van der Waals surface area contributed by atoms with Gasteiger partial charge in [-0.2, -0.15) is 0 Å². The van der Waals surface area contributed by atoms with Crippen molar-refractivity contribution in [1.82, 2.24) is 14.9 Å². The first-order valence-electron chi connectivity index (χ1n) is 5.53. The molecule has 0 unspecified atom stereocenters. The Balaban J connectivity index is 2.39. The summed E-state index contributed by atoms with van der Waals surface area (Å²) in [4.78, 5) is 2.48. The minimum atomic E-state index is 1.13. The molecule has 0 aromatic carbocycles. The highest BCUT2D eigenvalue weighted by Crippen LogP contribution is 2.11. The van der Waals surface area contributed by atoms with E-state index in [1.807, 2.05) is 0 Å². The van der Waals surface area contributed by atoms with Gasteiger partial charge in [0.2, 0.25) is 0 Å². The molecule has 3 heteroatoms. The first-order chi connectivity index (χ1) is 6.31. The molecule has 1 aliphatic rings. The van der Waals surface area contributed by atoms with Crippen molar-refractivity contribution in [3.05, 3.63) is 0 Å². The van der Waals surface area contributed by atoms with Gasteiger partial charge in [-0.25, -0.2) is 10.0 Å². The Morgan fingerprint density at radius 3 is 1.62 bits per heavy atom. The molecule has 1 fully saturated rings. The SMILES string of the molecule is CCCN1CN(CC)CN1CCC. The van der Waals surface area contributed by atoms with E-state index in [0.29, 0.717) is 0 Å². The van der Waals surface area contributed by atoms with Crippen LogP contribution in [0.3, 0.4) is 0 Å². The van der Waals surface area contributed by atoms with Crippen LogP contribution in [0.1, 0.15) is 33.6 Å². The van der Waals surface area contributed by atoms with Crippen LogP contribution >= 0.6 is 0 Å². The molecule has 0 bridgehead atoms. The Labute approximate surface area is 82.3 Å². The lowest BCUT2D eigenvalue weighted by Crippen LogP contribution is -2.37. The molecule has 1 aliphatic heterocycles. The second-order valence-electron chi connectivity index (χ2n) is 3.73. The molecule has 0 amide bonds. The molecule has 13 heavy (non-hydrogen) atoms. The lowest BCUT2D eigenvalue weighted by molar-refractivity contribution is 0.0276. The first-order valence-corrected chi connectivity index (χ1v) is 5.53. The molecular formula is C10H23N3. The van der Waals surface area contributed by atoms with Crippen molar-refractivity contribution in [2.24, 2.45) is 0 Å². The minimum absolute atomic E-state index is 1.13. The third kappa shape index (κ3) is 2.93. The first kappa shape index (κ1) is 11.0. The van der Waals surface area contributed by atoms with E-state index in [1.165, 1.54) is 32.5 Å². The zero-order valence-corrected chi connectivity index (χ0v) is 9.29. The Kier molecular flexibility index (Phi) is 4.70. The summed E-state index contributed by atoms with van der Waals surface area (Å²) in [7, 11) is 0. The van der Waals surface area contributed by atoms with Gasteiger partial charge in [0.05, 0.1) is 13.3 Å². The fourth-order valence-corrected chi connectivity index (χ4v) is 1.83. The average molecular weight is 185 g/mol. The summed E-state index contributed by atoms with van der Waals surface area (Å²) in [5.41, 5.74) is 0. The van der Waals surface area contributed by atoms with Crippen LogP contribution in [0, 0.1) is 0 Å². The smallest absolute Gasteiger partial charge is 0.0659 e. The lowest BCUT2D eigenvalue weighted by Gasteiger charge is -2.25. The molecule has 1 heterocycles. The number of hydrazine groups is 1. The van der Waals surface area contributed by atoms with Gasteiger partial charge in [-0.05, 0) is 19.4 Å². The zero-order valence-electron chi connectivity index (χ0n) is 9.29. The zero-order chi connectivity index (χ0) is 9.68. The largest absolute Gasteiger partial charge is 0.275 e. The van der Waals surface area contributed by atoms with Gasteiger partial charge in [0.15, 0.2) is 0 Å². The van der Waals surface area contributed by atoms with Crippen LogP contribution in [-0.2, 0) is 0 Å². The van der Waals surface area contributed by atoms with Crippen LogP contribution in [-0.4, -0.2) is 47.9 Å². The summed E-state index contributed by atoms with van der Waals surface area (Å²) in [5, 5.41) is 4.96. The summed E-state index contributed by atoms with van der Waals surface area (Å²) in [6.45, 7) is 12.6. The van der Waals surface area contributed by atoms with E-state index in [2.05, 4.69) is 35.7 Å². The van der Waals surface area contributed by atoms with E-state index < -0.39 is 0 Å². The van der Waals surface area contributed by atoms with Gasteiger partial charge in [0.1, 0.15) is 0 Å². The van der Waals surface area contributed by atoms with Crippen molar-refractivity contribution < 1.29 is 0 Å². The Bertz CT molecular complexity index is 124. The predicted octanol–water partition coefficient (Wildman–Crippen LogP) is 1.58. The number of hydrogen-bond donors (Lipinski definition) is 0. The number of hydrogen-bond acceptors (Lipinski definition) is 3. The fraction of sp³-hybridized carbons (Fsp3) is 1.00. The van der Waals surface area contributed by atoms with Gasteiger partial charge >= 0.3 is 0 Å². The molecule has 0 N–H and O–H groups in total. The van der Waals surface area contributed by atoms with Crippen LogP contribution in [0.4, 0.5) is 0 Å². The Hall–Kier alpha value is -0.120. The van der Waals surface area contributed by atoms with Crippen molar-refractivity contribution >= 4 is 0 Å². The molecule has 1 rings (SSSR count). The van der Waals surface area contributed by atoms with E-state index in [1.54, 1.807) is 0 Å². The van der Waals surface area contributed by atoms with E-state index in [-0.39, 0.29) is 0 Å². The standard InChI is InChI=1S/C10H23N3/c1-4-7-12-9-11(6-3)10-13(12)8-5-2/h4-10H2,1-3H3. The highest BCUT2D eigenvalue weighted by atomic mass is 15.7. The number of rotatable bonds is 5. The summed E-state index contributed by atoms with van der Waals surface area (Å²) in [5.74, 6) is 0. The molecule has 0 aromatic rings. The van der Waals surface area contributed by atoms with Crippen molar-refractivity contribution in [2.45, 2.75) is 33.6 Å². The van der Waals surface area contributed by atoms with E-state index >= 15 is 0 Å². The molecule has 0 saturated carbocycles. The van der Waals surface area contributed by atoms with Gasteiger partial charge in [-0.15, -0.1) is 0 Å². The summed E-state index contributed by atoms with van der Waals surface area (Å²) >= 11 is 0. The Morgan fingerprint density at radius 1 is 0.846 bits per heavy atom. The fourth-order valence-electron chi connectivity index (χ4n) is 1.83. The quantitative estimate of drug-likeness (QED) is 0.644. The molecule has 0 radical (unpaired) electrons. The molecular weight excluding hydrogens is 162 g/mol. The second kappa shape index (κ2) is 5.58. The average Bonchev–Trinajstić information content (AvgIpc) is 2.50. The van der Waals surface area contributed by atoms with E-state index in [4.69, 9.17) is 0 Å². The van der Waals surface area contributed by atoms with E-state index in [9.17, 15) is 0 Å².